The molecule has 2 unspecified atom stereocenters. The van der Waals surface area contributed by atoms with Gasteiger partial charge in [-0.1, -0.05) is 19.1 Å². The third-order valence-electron chi connectivity index (χ3n) is 3.84. The average Bonchev–Trinajstić information content (AvgIpc) is 2.46. The van der Waals surface area contributed by atoms with Crippen LogP contribution in [-0.2, 0) is 4.74 Å². The van der Waals surface area contributed by atoms with Crippen molar-refractivity contribution in [3.8, 4) is 0 Å². The molecule has 0 bridgehead atoms. The molecule has 1 aromatic rings. The largest absolute Gasteiger partial charge is 0.380 e. The first kappa shape index (κ1) is 13.4. The molecule has 1 aromatic carbocycles. The molecular weight excluding hydrogens is 224 g/mol. The Hall–Kier alpha value is -1.06. The molecule has 0 aromatic heterocycles. The van der Waals surface area contributed by atoms with Crippen LogP contribution in [0.1, 0.15) is 37.8 Å². The zero-order valence-corrected chi connectivity index (χ0v) is 11.4. The van der Waals surface area contributed by atoms with E-state index in [4.69, 9.17) is 10.5 Å². The zero-order valence-electron chi connectivity index (χ0n) is 11.4. The van der Waals surface area contributed by atoms with E-state index in [0.29, 0.717) is 6.10 Å². The van der Waals surface area contributed by atoms with Crippen molar-refractivity contribution in [1.82, 2.24) is 0 Å². The van der Waals surface area contributed by atoms with Crippen LogP contribution in [0.4, 0.5) is 5.69 Å². The molecule has 1 fully saturated rings. The maximum Gasteiger partial charge on any atom is 0.0746 e. The minimum absolute atomic E-state index is 0.159. The Morgan fingerprint density at radius 1 is 1.39 bits per heavy atom. The van der Waals surface area contributed by atoms with Crippen LogP contribution in [0.2, 0.25) is 0 Å². The van der Waals surface area contributed by atoms with Crippen molar-refractivity contribution >= 4 is 5.69 Å². The molecule has 0 aliphatic carbocycles. The van der Waals surface area contributed by atoms with E-state index < -0.39 is 0 Å². The highest BCUT2D eigenvalue weighted by Crippen LogP contribution is 2.23. The van der Waals surface area contributed by atoms with Gasteiger partial charge in [0.1, 0.15) is 0 Å². The van der Waals surface area contributed by atoms with Gasteiger partial charge in [0.15, 0.2) is 0 Å². The molecule has 2 atom stereocenters. The molecule has 1 aliphatic rings. The number of nitrogens with zero attached hydrogens (tertiary/aromatic N) is 1. The fourth-order valence-electron chi connectivity index (χ4n) is 2.53. The molecule has 0 saturated carbocycles. The van der Waals surface area contributed by atoms with Crippen LogP contribution >= 0.6 is 0 Å². The Morgan fingerprint density at radius 2 is 2.11 bits per heavy atom. The number of benzene rings is 1. The van der Waals surface area contributed by atoms with Gasteiger partial charge in [-0.15, -0.1) is 0 Å². The number of hydrogen-bond acceptors (Lipinski definition) is 3. The van der Waals surface area contributed by atoms with Gasteiger partial charge < -0.3 is 15.4 Å². The fourth-order valence-corrected chi connectivity index (χ4v) is 2.53. The van der Waals surface area contributed by atoms with E-state index in [1.165, 1.54) is 24.1 Å². The topological polar surface area (TPSA) is 38.5 Å². The summed E-state index contributed by atoms with van der Waals surface area (Å²) >= 11 is 0. The van der Waals surface area contributed by atoms with E-state index in [-0.39, 0.29) is 6.04 Å². The third-order valence-corrected chi connectivity index (χ3v) is 3.84. The van der Waals surface area contributed by atoms with Gasteiger partial charge in [-0.3, -0.25) is 0 Å². The highest BCUT2D eigenvalue weighted by Gasteiger charge is 2.19. The highest BCUT2D eigenvalue weighted by molar-refractivity contribution is 5.48. The number of anilines is 1. The van der Waals surface area contributed by atoms with E-state index in [1.54, 1.807) is 7.11 Å². The molecule has 100 valence electrons. The molecule has 3 heteroatoms. The predicted molar refractivity (Wildman–Crippen MR) is 75.9 cm³/mol. The maximum atomic E-state index is 6.03. The summed E-state index contributed by atoms with van der Waals surface area (Å²) in [4.78, 5) is 2.40. The first-order valence-electron chi connectivity index (χ1n) is 6.88. The molecule has 3 nitrogen and oxygen atoms in total. The van der Waals surface area contributed by atoms with E-state index in [2.05, 4.69) is 36.1 Å². The lowest BCUT2D eigenvalue weighted by Crippen LogP contribution is -2.39. The van der Waals surface area contributed by atoms with Gasteiger partial charge in [0, 0.05) is 31.9 Å². The van der Waals surface area contributed by atoms with Crippen molar-refractivity contribution in [2.75, 3.05) is 25.1 Å². The second-order valence-electron chi connectivity index (χ2n) is 5.05. The van der Waals surface area contributed by atoms with E-state index >= 15 is 0 Å². The minimum Gasteiger partial charge on any atom is -0.380 e. The highest BCUT2D eigenvalue weighted by atomic mass is 16.5. The normalized spacial score (nSPS) is 21.9. The Morgan fingerprint density at radius 3 is 2.72 bits per heavy atom. The lowest BCUT2D eigenvalue weighted by molar-refractivity contribution is 0.0893. The van der Waals surface area contributed by atoms with Crippen LogP contribution in [0, 0.1) is 0 Å². The first-order chi connectivity index (χ1) is 8.74. The van der Waals surface area contributed by atoms with Crippen LogP contribution in [0.5, 0.6) is 0 Å². The van der Waals surface area contributed by atoms with Crippen molar-refractivity contribution < 1.29 is 4.74 Å². The molecule has 1 saturated heterocycles. The Labute approximate surface area is 110 Å². The summed E-state index contributed by atoms with van der Waals surface area (Å²) in [5.74, 6) is 0. The molecule has 0 spiro atoms. The lowest BCUT2D eigenvalue weighted by Gasteiger charge is -2.33. The number of piperidine rings is 1. The van der Waals surface area contributed by atoms with E-state index in [9.17, 15) is 0 Å². The monoisotopic (exact) mass is 248 g/mol. The summed E-state index contributed by atoms with van der Waals surface area (Å²) in [5.41, 5.74) is 8.54. The molecular formula is C15H24N2O. The van der Waals surface area contributed by atoms with Crippen LogP contribution in [0.3, 0.4) is 0 Å². The number of hydrogen-bond donors (Lipinski definition) is 1. The van der Waals surface area contributed by atoms with Gasteiger partial charge in [-0.2, -0.15) is 0 Å². The predicted octanol–water partition coefficient (Wildman–Crippen LogP) is 2.71. The number of ether oxygens (including phenoxy) is 1. The van der Waals surface area contributed by atoms with Crippen LogP contribution in [0.25, 0.3) is 0 Å². The van der Waals surface area contributed by atoms with Crippen molar-refractivity contribution in [2.45, 2.75) is 38.3 Å². The molecule has 0 amide bonds. The van der Waals surface area contributed by atoms with Crippen LogP contribution in [-0.4, -0.2) is 26.3 Å². The zero-order chi connectivity index (χ0) is 13.0. The molecule has 1 heterocycles. The van der Waals surface area contributed by atoms with Gasteiger partial charge in [-0.25, -0.2) is 0 Å². The van der Waals surface area contributed by atoms with Crippen LogP contribution in [0.15, 0.2) is 24.3 Å². The van der Waals surface area contributed by atoms with Crippen molar-refractivity contribution in [3.63, 3.8) is 0 Å². The van der Waals surface area contributed by atoms with Gasteiger partial charge in [0.2, 0.25) is 0 Å². The van der Waals surface area contributed by atoms with Gasteiger partial charge in [-0.05, 0) is 37.0 Å². The molecule has 18 heavy (non-hydrogen) atoms. The van der Waals surface area contributed by atoms with Crippen molar-refractivity contribution in [1.29, 1.82) is 0 Å². The van der Waals surface area contributed by atoms with Crippen molar-refractivity contribution in [2.24, 2.45) is 5.73 Å². The van der Waals surface area contributed by atoms with Crippen molar-refractivity contribution in [3.05, 3.63) is 29.8 Å². The van der Waals surface area contributed by atoms with Gasteiger partial charge >= 0.3 is 0 Å². The van der Waals surface area contributed by atoms with Gasteiger partial charge in [0.25, 0.3) is 0 Å². The summed E-state index contributed by atoms with van der Waals surface area (Å²) in [6.45, 7) is 4.24. The average molecular weight is 248 g/mol. The summed E-state index contributed by atoms with van der Waals surface area (Å²) in [6, 6.07) is 8.83. The third kappa shape index (κ3) is 3.03. The molecule has 0 radical (unpaired) electrons. The molecule has 1 aliphatic heterocycles. The second-order valence-corrected chi connectivity index (χ2v) is 5.05. The quantitative estimate of drug-likeness (QED) is 0.890. The molecule has 2 rings (SSSR count). The minimum atomic E-state index is 0.159. The Bertz CT molecular complexity index is 363. The second kappa shape index (κ2) is 6.21. The maximum absolute atomic E-state index is 6.03. The smallest absolute Gasteiger partial charge is 0.0746 e. The van der Waals surface area contributed by atoms with Gasteiger partial charge in [0.05, 0.1) is 6.10 Å². The molecule has 2 N–H and O–H groups in total. The number of rotatable bonds is 4. The summed E-state index contributed by atoms with van der Waals surface area (Å²) in [6.07, 6.45) is 3.73. The summed E-state index contributed by atoms with van der Waals surface area (Å²) in [7, 11) is 1.80. The fraction of sp³-hybridized carbons (Fsp3) is 0.600. The Balaban J connectivity index is 2.04. The standard InChI is InChI=1S/C15H24N2O/c1-3-15(16)12-6-8-13(9-7-12)17-10-4-5-14(11-17)18-2/h6-9,14-15H,3-5,10-11,16H2,1-2H3. The summed E-state index contributed by atoms with van der Waals surface area (Å²) < 4.78 is 5.46. The lowest BCUT2D eigenvalue weighted by atomic mass is 10.0. The van der Waals surface area contributed by atoms with E-state index in [0.717, 1.165) is 19.5 Å². The van der Waals surface area contributed by atoms with Crippen LogP contribution < -0.4 is 10.6 Å². The first-order valence-corrected chi connectivity index (χ1v) is 6.88. The Kier molecular flexibility index (Phi) is 4.61. The SMILES string of the molecule is CCC(N)c1ccc(N2CCCC(OC)C2)cc1. The number of methoxy groups -OCH3 is 1. The summed E-state index contributed by atoms with van der Waals surface area (Å²) in [5, 5.41) is 0. The van der Waals surface area contributed by atoms with E-state index in [1.807, 2.05) is 0 Å². The number of nitrogens with two attached hydrogens (primary N) is 1.